The molecule has 1 heteroatoms. The highest BCUT2D eigenvalue weighted by Crippen LogP contribution is 2.26. The summed E-state index contributed by atoms with van der Waals surface area (Å²) in [5, 5.41) is 0. The highest BCUT2D eigenvalue weighted by Gasteiger charge is 2.24. The van der Waals surface area contributed by atoms with Gasteiger partial charge in [-0.3, -0.25) is 0 Å². The molecule has 0 aliphatic heterocycles. The van der Waals surface area contributed by atoms with Gasteiger partial charge in [0.25, 0.3) is 0 Å². The molecule has 0 saturated heterocycles. The number of hydrogen-bond acceptors (Lipinski definition) is 0. The van der Waals surface area contributed by atoms with E-state index in [9.17, 15) is 0 Å². The van der Waals surface area contributed by atoms with Crippen LogP contribution in [0, 0.1) is 0 Å². The summed E-state index contributed by atoms with van der Waals surface area (Å²) in [5.74, 6) is 0. The highest BCUT2D eigenvalue weighted by molar-refractivity contribution is 6.79. The third-order valence-electron chi connectivity index (χ3n) is 3.31. The van der Waals surface area contributed by atoms with Crippen LogP contribution in [0.3, 0.4) is 0 Å². The van der Waals surface area contributed by atoms with Gasteiger partial charge in [-0.05, 0) is 0 Å². The topological polar surface area (TPSA) is 0 Å². The Bertz CT molecular complexity index is 76.6. The molecular weight excluding hydrogens is 148 g/mol. The maximum atomic E-state index is 2.40. The van der Waals surface area contributed by atoms with Gasteiger partial charge in [-0.25, -0.2) is 0 Å². The SMILES string of the molecule is CCCC[Si](CC)(CC)CC. The second-order valence-electron chi connectivity index (χ2n) is 3.66. The van der Waals surface area contributed by atoms with Crippen molar-refractivity contribution in [1.82, 2.24) is 0 Å². The van der Waals surface area contributed by atoms with E-state index in [1.54, 1.807) is 6.04 Å². The maximum Gasteiger partial charge on any atom is 0.0527 e. The molecule has 11 heavy (non-hydrogen) atoms. The van der Waals surface area contributed by atoms with Crippen LogP contribution in [0.25, 0.3) is 0 Å². The van der Waals surface area contributed by atoms with Crippen molar-refractivity contribution in [3.8, 4) is 0 Å². The van der Waals surface area contributed by atoms with Gasteiger partial charge in [0.05, 0.1) is 8.07 Å². The smallest absolute Gasteiger partial charge is 0.0527 e. The Morgan fingerprint density at radius 2 is 1.27 bits per heavy atom. The van der Waals surface area contributed by atoms with Crippen LogP contribution in [0.2, 0.25) is 24.2 Å². The molecule has 0 nitrogen and oxygen atoms in total. The summed E-state index contributed by atoms with van der Waals surface area (Å²) < 4.78 is 0. The monoisotopic (exact) mass is 172 g/mol. The van der Waals surface area contributed by atoms with Crippen LogP contribution < -0.4 is 0 Å². The Labute approximate surface area is 73.4 Å². The summed E-state index contributed by atoms with van der Waals surface area (Å²) in [7, 11) is -0.738. The zero-order valence-corrected chi connectivity index (χ0v) is 9.74. The molecule has 0 aromatic heterocycles. The van der Waals surface area contributed by atoms with Gasteiger partial charge in [0, 0.05) is 0 Å². The molecule has 0 aromatic rings. The van der Waals surface area contributed by atoms with E-state index >= 15 is 0 Å². The first-order valence-electron chi connectivity index (χ1n) is 5.24. The molecule has 0 N–H and O–H groups in total. The van der Waals surface area contributed by atoms with E-state index in [1.807, 2.05) is 0 Å². The average Bonchev–Trinajstić information content (AvgIpc) is 2.08. The molecule has 0 radical (unpaired) electrons. The van der Waals surface area contributed by atoms with Crippen LogP contribution in [0.4, 0.5) is 0 Å². The van der Waals surface area contributed by atoms with Crippen molar-refractivity contribution in [3.63, 3.8) is 0 Å². The third kappa shape index (κ3) is 3.41. The van der Waals surface area contributed by atoms with Crippen molar-refractivity contribution in [1.29, 1.82) is 0 Å². The number of unbranched alkanes of at least 4 members (excludes halogenated alkanes) is 1. The van der Waals surface area contributed by atoms with Crippen LogP contribution in [0.1, 0.15) is 40.5 Å². The minimum Gasteiger partial charge on any atom is -0.0678 e. The molecule has 68 valence electrons. The Balaban J connectivity index is 3.84. The van der Waals surface area contributed by atoms with Crippen LogP contribution in [0.5, 0.6) is 0 Å². The first-order valence-corrected chi connectivity index (χ1v) is 8.07. The first kappa shape index (κ1) is 11.2. The molecule has 0 aromatic carbocycles. The van der Waals surface area contributed by atoms with Gasteiger partial charge < -0.3 is 0 Å². The van der Waals surface area contributed by atoms with Gasteiger partial charge in [0.15, 0.2) is 0 Å². The van der Waals surface area contributed by atoms with E-state index in [4.69, 9.17) is 0 Å². The molecule has 0 heterocycles. The Morgan fingerprint density at radius 3 is 1.55 bits per heavy atom. The molecule has 0 aliphatic carbocycles. The fraction of sp³-hybridized carbons (Fsp3) is 1.00. The van der Waals surface area contributed by atoms with E-state index < -0.39 is 8.07 Å². The van der Waals surface area contributed by atoms with Crippen molar-refractivity contribution in [2.45, 2.75) is 64.7 Å². The Morgan fingerprint density at radius 1 is 0.818 bits per heavy atom. The Kier molecular flexibility index (Phi) is 5.93. The summed E-state index contributed by atoms with van der Waals surface area (Å²) in [6.45, 7) is 9.50. The standard InChI is InChI=1S/C10H24Si/c1-5-9-10-11(6-2,7-3)8-4/h5-10H2,1-4H3. The van der Waals surface area contributed by atoms with E-state index in [-0.39, 0.29) is 0 Å². The summed E-state index contributed by atoms with van der Waals surface area (Å²) >= 11 is 0. The maximum absolute atomic E-state index is 2.40. The lowest BCUT2D eigenvalue weighted by Crippen LogP contribution is -2.30. The highest BCUT2D eigenvalue weighted by atomic mass is 28.3. The molecule has 0 fully saturated rings. The van der Waals surface area contributed by atoms with Crippen LogP contribution in [0.15, 0.2) is 0 Å². The van der Waals surface area contributed by atoms with Crippen molar-refractivity contribution >= 4 is 8.07 Å². The van der Waals surface area contributed by atoms with Gasteiger partial charge >= 0.3 is 0 Å². The van der Waals surface area contributed by atoms with Crippen LogP contribution >= 0.6 is 0 Å². The molecular formula is C10H24Si. The lowest BCUT2D eigenvalue weighted by Gasteiger charge is -2.27. The second-order valence-corrected chi connectivity index (χ2v) is 9.29. The summed E-state index contributed by atoms with van der Waals surface area (Å²) in [5.41, 5.74) is 0. The summed E-state index contributed by atoms with van der Waals surface area (Å²) in [6, 6.07) is 6.08. The predicted molar refractivity (Wildman–Crippen MR) is 56.9 cm³/mol. The van der Waals surface area contributed by atoms with Crippen molar-refractivity contribution in [3.05, 3.63) is 0 Å². The third-order valence-corrected chi connectivity index (χ3v) is 9.22. The average molecular weight is 172 g/mol. The predicted octanol–water partition coefficient (Wildman–Crippen LogP) is 4.30. The van der Waals surface area contributed by atoms with E-state index in [2.05, 4.69) is 27.7 Å². The summed E-state index contributed by atoms with van der Waals surface area (Å²) in [6.07, 6.45) is 2.86. The molecule has 0 atom stereocenters. The largest absolute Gasteiger partial charge is 0.0678 e. The van der Waals surface area contributed by atoms with Gasteiger partial charge in [-0.15, -0.1) is 0 Å². The summed E-state index contributed by atoms with van der Waals surface area (Å²) in [4.78, 5) is 0. The molecule has 0 aliphatic rings. The minimum absolute atomic E-state index is 0.738. The Hall–Kier alpha value is 0.217. The van der Waals surface area contributed by atoms with Gasteiger partial charge in [0.1, 0.15) is 0 Å². The fourth-order valence-electron chi connectivity index (χ4n) is 1.83. The van der Waals surface area contributed by atoms with E-state index in [0.29, 0.717) is 0 Å². The van der Waals surface area contributed by atoms with Crippen molar-refractivity contribution in [2.24, 2.45) is 0 Å². The van der Waals surface area contributed by atoms with E-state index in [1.165, 1.54) is 31.0 Å². The second kappa shape index (κ2) is 5.82. The van der Waals surface area contributed by atoms with Gasteiger partial charge in [0.2, 0.25) is 0 Å². The number of hydrogen-bond donors (Lipinski definition) is 0. The van der Waals surface area contributed by atoms with Crippen LogP contribution in [-0.4, -0.2) is 8.07 Å². The molecule has 0 amide bonds. The molecule has 0 unspecified atom stereocenters. The zero-order chi connectivity index (χ0) is 8.74. The lowest BCUT2D eigenvalue weighted by molar-refractivity contribution is 0.852. The first-order chi connectivity index (χ1) is 5.24. The normalized spacial score (nSPS) is 12.0. The number of rotatable bonds is 6. The van der Waals surface area contributed by atoms with Gasteiger partial charge in [-0.2, -0.15) is 0 Å². The van der Waals surface area contributed by atoms with Crippen molar-refractivity contribution < 1.29 is 0 Å². The molecule has 0 spiro atoms. The van der Waals surface area contributed by atoms with E-state index in [0.717, 1.165) is 0 Å². The van der Waals surface area contributed by atoms with Gasteiger partial charge in [-0.1, -0.05) is 64.7 Å². The zero-order valence-electron chi connectivity index (χ0n) is 8.74. The molecule has 0 bridgehead atoms. The molecule has 0 saturated carbocycles. The minimum atomic E-state index is -0.738. The molecule has 0 rings (SSSR count). The quantitative estimate of drug-likeness (QED) is 0.524. The van der Waals surface area contributed by atoms with Crippen LogP contribution in [-0.2, 0) is 0 Å². The lowest BCUT2D eigenvalue weighted by atomic mass is 10.4. The fourth-order valence-corrected chi connectivity index (χ4v) is 5.50. The van der Waals surface area contributed by atoms with Crippen molar-refractivity contribution in [2.75, 3.05) is 0 Å².